The maximum absolute atomic E-state index is 12.4. The summed E-state index contributed by atoms with van der Waals surface area (Å²) in [6.45, 7) is 0.808. The lowest BCUT2D eigenvalue weighted by atomic mass is 10.2. The van der Waals surface area contributed by atoms with E-state index in [-0.39, 0.29) is 11.3 Å². The Bertz CT molecular complexity index is 716. The summed E-state index contributed by atoms with van der Waals surface area (Å²) in [5.41, 5.74) is 3.08. The Morgan fingerprint density at radius 1 is 1.36 bits per heavy atom. The highest BCUT2D eigenvalue weighted by atomic mass is 32.2. The zero-order valence-corrected chi connectivity index (χ0v) is 12.3. The number of carbonyl (C=O) groups is 1. The number of aromatic amines is 1. The van der Waals surface area contributed by atoms with Gasteiger partial charge in [-0.2, -0.15) is 4.31 Å². The number of aromatic nitrogens is 3. The van der Waals surface area contributed by atoms with Gasteiger partial charge in [-0.15, -0.1) is 0 Å². The van der Waals surface area contributed by atoms with E-state index in [1.807, 2.05) is 0 Å². The summed E-state index contributed by atoms with van der Waals surface area (Å²) in [5, 5.41) is 7.26. The van der Waals surface area contributed by atoms with Crippen LogP contribution in [0.5, 0.6) is 0 Å². The van der Waals surface area contributed by atoms with Gasteiger partial charge in [-0.05, 0) is 12.1 Å². The van der Waals surface area contributed by atoms with Crippen LogP contribution in [-0.4, -0.2) is 45.8 Å². The molecule has 0 aromatic carbocycles. The molecule has 0 bridgehead atoms. The van der Waals surface area contributed by atoms with Gasteiger partial charge in [0.05, 0.1) is 29.2 Å². The fourth-order valence-corrected chi connectivity index (χ4v) is 3.45. The van der Waals surface area contributed by atoms with Crippen molar-refractivity contribution >= 4 is 16.4 Å². The number of amides is 1. The predicted molar refractivity (Wildman–Crippen MR) is 75.1 cm³/mol. The molecule has 1 aliphatic heterocycles. The van der Waals surface area contributed by atoms with Gasteiger partial charge in [0.2, 0.25) is 16.4 Å². The average Bonchev–Trinajstić information content (AvgIpc) is 3.03. The molecule has 1 amide bonds. The molecule has 3 N–H and O–H groups in total. The maximum atomic E-state index is 12.4. The van der Waals surface area contributed by atoms with Gasteiger partial charge in [-0.3, -0.25) is 15.0 Å². The molecule has 10 heteroatoms. The third kappa shape index (κ3) is 3.47. The Hall–Kier alpha value is -2.30. The molecule has 0 radical (unpaired) electrons. The summed E-state index contributed by atoms with van der Waals surface area (Å²) >= 11 is 0. The molecule has 0 saturated heterocycles. The molecule has 3 rings (SSSR count). The number of nitrogens with zero attached hydrogens (tertiary/aromatic N) is 3. The Morgan fingerprint density at radius 2 is 2.05 bits per heavy atom. The van der Waals surface area contributed by atoms with E-state index >= 15 is 0 Å². The minimum absolute atomic E-state index is 0.181. The molecule has 2 aromatic rings. The molecule has 1 aliphatic rings. The molecule has 0 saturated carbocycles. The van der Waals surface area contributed by atoms with Gasteiger partial charge < -0.3 is 4.98 Å². The van der Waals surface area contributed by atoms with Crippen molar-refractivity contribution in [3.63, 3.8) is 0 Å². The van der Waals surface area contributed by atoms with Crippen molar-refractivity contribution in [2.24, 2.45) is 0 Å². The normalized spacial score (nSPS) is 14.4. The number of nitrogens with one attached hydrogen (secondary N) is 2. The highest BCUT2D eigenvalue weighted by molar-refractivity contribution is 7.89. The third-order valence-corrected chi connectivity index (χ3v) is 4.94. The Labute approximate surface area is 127 Å². The average molecular weight is 325 g/mol. The molecule has 118 valence electrons. The fourth-order valence-electron chi connectivity index (χ4n) is 2.05. The zero-order valence-electron chi connectivity index (χ0n) is 11.5. The van der Waals surface area contributed by atoms with Crippen molar-refractivity contribution in [2.45, 2.75) is 17.9 Å². The van der Waals surface area contributed by atoms with E-state index in [1.165, 1.54) is 34.3 Å². The first kappa shape index (κ1) is 16.1. The van der Waals surface area contributed by atoms with Crippen LogP contribution in [0, 0.1) is 0 Å². The molecular weight excluding hydrogens is 310 g/mol. The van der Waals surface area contributed by atoms with Gasteiger partial charge in [-0.25, -0.2) is 18.9 Å². The lowest BCUT2D eigenvalue weighted by molar-refractivity contribution is -0.116. The first-order valence-corrected chi connectivity index (χ1v) is 7.78. The monoisotopic (exact) mass is 325 g/mol. The van der Waals surface area contributed by atoms with E-state index in [9.17, 15) is 8.42 Å². The van der Waals surface area contributed by atoms with Crippen LogP contribution < -0.4 is 5.48 Å². The largest absolute Gasteiger partial charge is 0.347 e. The van der Waals surface area contributed by atoms with Gasteiger partial charge in [0.1, 0.15) is 0 Å². The van der Waals surface area contributed by atoms with E-state index in [4.69, 9.17) is 10.0 Å². The summed E-state index contributed by atoms with van der Waals surface area (Å²) in [7, 11) is -3.44. The number of imidazole rings is 1. The molecule has 22 heavy (non-hydrogen) atoms. The van der Waals surface area contributed by atoms with Crippen LogP contribution in [0.2, 0.25) is 0 Å². The molecule has 0 unspecified atom stereocenters. The summed E-state index contributed by atoms with van der Waals surface area (Å²) < 4.78 is 26.2. The standard InChI is InChI=1S/C11H12N4O2S.CH3NO2/c16-18(17,9-1-4-12-5-2-9)15-6-3-10-11(7-15)14-8-13-10;3-1-2-4/h1-2,4-5,8H,3,6-7H2,(H,13,14);1,4H,(H,2,3). The fraction of sp³-hybridized carbons (Fsp3) is 0.250. The number of hydroxylamine groups is 1. The molecule has 9 nitrogen and oxygen atoms in total. The van der Waals surface area contributed by atoms with Crippen molar-refractivity contribution in [3.05, 3.63) is 42.2 Å². The van der Waals surface area contributed by atoms with Crippen molar-refractivity contribution < 1.29 is 18.4 Å². The SMILES string of the molecule is O=CNO.O=S(=O)(c1ccncc1)N1CCc2nc[nH]c2C1. The van der Waals surface area contributed by atoms with Crippen molar-refractivity contribution in [1.82, 2.24) is 24.7 Å². The van der Waals surface area contributed by atoms with Gasteiger partial charge in [0, 0.05) is 25.4 Å². The molecule has 0 aliphatic carbocycles. The number of carbonyl (C=O) groups excluding carboxylic acids is 1. The van der Waals surface area contributed by atoms with Gasteiger partial charge in [0.15, 0.2) is 0 Å². The van der Waals surface area contributed by atoms with Crippen LogP contribution in [0.1, 0.15) is 11.4 Å². The van der Waals surface area contributed by atoms with Crippen molar-refractivity contribution in [3.8, 4) is 0 Å². The van der Waals surface area contributed by atoms with E-state index < -0.39 is 10.0 Å². The quantitative estimate of drug-likeness (QED) is 0.403. The van der Waals surface area contributed by atoms with E-state index in [0.717, 1.165) is 11.4 Å². The maximum Gasteiger partial charge on any atom is 0.243 e. The highest BCUT2D eigenvalue weighted by Crippen LogP contribution is 2.22. The summed E-state index contributed by atoms with van der Waals surface area (Å²) in [6.07, 6.45) is 5.40. The Kier molecular flexibility index (Phi) is 5.20. The smallest absolute Gasteiger partial charge is 0.243 e. The molecule has 0 fully saturated rings. The van der Waals surface area contributed by atoms with E-state index in [0.29, 0.717) is 19.5 Å². The van der Waals surface area contributed by atoms with Crippen LogP contribution >= 0.6 is 0 Å². The van der Waals surface area contributed by atoms with Crippen LogP contribution in [0.3, 0.4) is 0 Å². The van der Waals surface area contributed by atoms with E-state index in [2.05, 4.69) is 15.0 Å². The summed E-state index contributed by atoms with van der Waals surface area (Å²) in [4.78, 5) is 20.1. The summed E-state index contributed by atoms with van der Waals surface area (Å²) in [6, 6.07) is 3.02. The number of fused-ring (bicyclic) bond motifs is 1. The van der Waals surface area contributed by atoms with Crippen molar-refractivity contribution in [1.29, 1.82) is 0 Å². The van der Waals surface area contributed by atoms with Crippen LogP contribution in [-0.2, 0) is 27.8 Å². The van der Waals surface area contributed by atoms with Gasteiger partial charge in [-0.1, -0.05) is 0 Å². The van der Waals surface area contributed by atoms with Gasteiger partial charge in [0.25, 0.3) is 0 Å². The summed E-state index contributed by atoms with van der Waals surface area (Å²) in [5.74, 6) is 0. The minimum Gasteiger partial charge on any atom is -0.347 e. The molecule has 2 aromatic heterocycles. The third-order valence-electron chi connectivity index (χ3n) is 3.08. The number of hydrogen-bond donors (Lipinski definition) is 3. The first-order chi connectivity index (χ1) is 10.6. The predicted octanol–water partition coefficient (Wildman–Crippen LogP) is -0.327. The number of hydrogen-bond acceptors (Lipinski definition) is 6. The molecule has 0 atom stereocenters. The second kappa shape index (κ2) is 7.11. The second-order valence-corrected chi connectivity index (χ2v) is 6.28. The topological polar surface area (TPSA) is 128 Å². The Morgan fingerprint density at radius 3 is 2.68 bits per heavy atom. The number of pyridine rings is 1. The van der Waals surface area contributed by atoms with Crippen LogP contribution in [0.25, 0.3) is 0 Å². The lowest BCUT2D eigenvalue weighted by Crippen LogP contribution is -2.36. The minimum atomic E-state index is -3.44. The van der Waals surface area contributed by atoms with Crippen LogP contribution in [0.4, 0.5) is 0 Å². The Balaban J connectivity index is 0.000000396. The molecular formula is C12H15N5O4S. The molecule has 0 spiro atoms. The lowest BCUT2D eigenvalue weighted by Gasteiger charge is -2.25. The van der Waals surface area contributed by atoms with E-state index in [1.54, 1.807) is 6.33 Å². The van der Waals surface area contributed by atoms with Crippen LogP contribution in [0.15, 0.2) is 35.7 Å². The number of rotatable bonds is 3. The van der Waals surface area contributed by atoms with Crippen molar-refractivity contribution in [2.75, 3.05) is 6.54 Å². The second-order valence-electron chi connectivity index (χ2n) is 4.35. The number of sulfonamides is 1. The van der Waals surface area contributed by atoms with Gasteiger partial charge >= 0.3 is 0 Å². The highest BCUT2D eigenvalue weighted by Gasteiger charge is 2.29. The zero-order chi connectivity index (χ0) is 16.0. The molecule has 3 heterocycles. The first-order valence-electron chi connectivity index (χ1n) is 6.34. The number of H-pyrrole nitrogens is 1.